The van der Waals surface area contributed by atoms with Crippen LogP contribution in [-0.2, 0) is 0 Å². The second kappa shape index (κ2) is 5.00. The topological polar surface area (TPSA) is 0 Å². The van der Waals surface area contributed by atoms with Crippen LogP contribution in [0.4, 0.5) is 0 Å². The molecule has 1 saturated carbocycles. The van der Waals surface area contributed by atoms with Gasteiger partial charge in [0.2, 0.25) is 0 Å². The average Bonchev–Trinajstić information content (AvgIpc) is 2.91. The summed E-state index contributed by atoms with van der Waals surface area (Å²) in [6.07, 6.45) is 6.24. The minimum Gasteiger partial charge on any atom is -0.0984 e. The zero-order valence-corrected chi connectivity index (χ0v) is 7.85. The van der Waals surface area contributed by atoms with Crippen molar-refractivity contribution in [3.63, 3.8) is 0 Å². The van der Waals surface area contributed by atoms with E-state index >= 15 is 0 Å². The Morgan fingerprint density at radius 3 is 2.08 bits per heavy atom. The quantitative estimate of drug-likeness (QED) is 0.609. The third-order valence-corrected chi connectivity index (χ3v) is 1.82. The maximum atomic E-state index is 5.75. The van der Waals surface area contributed by atoms with Crippen LogP contribution in [0.5, 0.6) is 0 Å². The highest BCUT2D eigenvalue weighted by atomic mass is 35.5. The van der Waals surface area contributed by atoms with E-state index in [-0.39, 0.29) is 0 Å². The second-order valence-electron chi connectivity index (χ2n) is 2.79. The molecule has 0 nitrogen and oxygen atoms in total. The van der Waals surface area contributed by atoms with Gasteiger partial charge in [-0.2, -0.15) is 0 Å². The molecule has 0 radical (unpaired) electrons. The van der Waals surface area contributed by atoms with Crippen LogP contribution >= 0.6 is 11.6 Å². The molecule has 0 aliphatic heterocycles. The summed E-state index contributed by atoms with van der Waals surface area (Å²) in [5.74, 6) is 0. The van der Waals surface area contributed by atoms with Crippen molar-refractivity contribution < 1.29 is 0 Å². The lowest BCUT2D eigenvalue weighted by molar-refractivity contribution is 1.50. The first-order valence-electron chi connectivity index (χ1n) is 4.21. The Balaban J connectivity index is 0.000000200. The molecule has 64 valence electrons. The Kier molecular flexibility index (Phi) is 3.89. The van der Waals surface area contributed by atoms with E-state index in [4.69, 9.17) is 11.6 Å². The molecule has 1 aliphatic rings. The SMILES string of the molecule is C1CC1.C=Cc1ccccc1Cl. The molecule has 1 heteroatoms. The predicted molar refractivity (Wildman–Crippen MR) is 55.4 cm³/mol. The molecule has 0 N–H and O–H groups in total. The van der Waals surface area contributed by atoms with E-state index in [1.807, 2.05) is 24.3 Å². The predicted octanol–water partition coefficient (Wildman–Crippen LogP) is 4.15. The van der Waals surface area contributed by atoms with Gasteiger partial charge in [0.15, 0.2) is 0 Å². The average molecular weight is 181 g/mol. The van der Waals surface area contributed by atoms with Crippen LogP contribution < -0.4 is 0 Å². The van der Waals surface area contributed by atoms with Crippen molar-refractivity contribution in [1.82, 2.24) is 0 Å². The lowest BCUT2D eigenvalue weighted by Gasteiger charge is -1.92. The van der Waals surface area contributed by atoms with Gasteiger partial charge < -0.3 is 0 Å². The van der Waals surface area contributed by atoms with Crippen LogP contribution in [0.15, 0.2) is 30.8 Å². The first-order chi connectivity index (χ1) is 5.84. The number of rotatable bonds is 1. The smallest absolute Gasteiger partial charge is 0.0478 e. The molecule has 12 heavy (non-hydrogen) atoms. The first kappa shape index (κ1) is 9.34. The van der Waals surface area contributed by atoms with Gasteiger partial charge in [-0.3, -0.25) is 0 Å². The molecule has 0 unspecified atom stereocenters. The molecule has 0 spiro atoms. The fourth-order valence-corrected chi connectivity index (χ4v) is 0.854. The van der Waals surface area contributed by atoms with Crippen LogP contribution in [0.25, 0.3) is 6.08 Å². The van der Waals surface area contributed by atoms with Crippen molar-refractivity contribution in [2.45, 2.75) is 19.3 Å². The van der Waals surface area contributed by atoms with Crippen molar-refractivity contribution in [1.29, 1.82) is 0 Å². The normalized spacial score (nSPS) is 12.8. The molecule has 0 atom stereocenters. The van der Waals surface area contributed by atoms with Gasteiger partial charge >= 0.3 is 0 Å². The summed E-state index contributed by atoms with van der Waals surface area (Å²) in [5.41, 5.74) is 0.985. The van der Waals surface area contributed by atoms with Gasteiger partial charge in [0.25, 0.3) is 0 Å². The van der Waals surface area contributed by atoms with Gasteiger partial charge in [0.05, 0.1) is 0 Å². The summed E-state index contributed by atoms with van der Waals surface area (Å²) >= 11 is 5.75. The lowest BCUT2D eigenvalue weighted by Crippen LogP contribution is -1.69. The fourth-order valence-electron chi connectivity index (χ4n) is 0.641. The molecule has 0 heterocycles. The van der Waals surface area contributed by atoms with Crippen molar-refractivity contribution in [2.75, 3.05) is 0 Å². The maximum Gasteiger partial charge on any atom is 0.0478 e. The van der Waals surface area contributed by atoms with Crippen LogP contribution in [-0.4, -0.2) is 0 Å². The second-order valence-corrected chi connectivity index (χ2v) is 3.19. The third kappa shape index (κ3) is 3.59. The zero-order valence-electron chi connectivity index (χ0n) is 7.09. The zero-order chi connectivity index (χ0) is 8.81. The van der Waals surface area contributed by atoms with Crippen molar-refractivity contribution >= 4 is 17.7 Å². The summed E-state index contributed by atoms with van der Waals surface area (Å²) < 4.78 is 0. The summed E-state index contributed by atoms with van der Waals surface area (Å²) in [6, 6.07) is 7.60. The van der Waals surface area contributed by atoms with Gasteiger partial charge in [-0.1, -0.05) is 61.7 Å². The fraction of sp³-hybridized carbons (Fsp3) is 0.273. The monoisotopic (exact) mass is 180 g/mol. The largest absolute Gasteiger partial charge is 0.0984 e. The molecule has 0 saturated heterocycles. The van der Waals surface area contributed by atoms with Crippen molar-refractivity contribution in [3.05, 3.63) is 41.4 Å². The highest BCUT2D eigenvalue weighted by Gasteiger charge is 1.95. The Morgan fingerprint density at radius 2 is 1.75 bits per heavy atom. The van der Waals surface area contributed by atoms with Crippen LogP contribution in [0.2, 0.25) is 5.02 Å². The molecular weight excluding hydrogens is 168 g/mol. The van der Waals surface area contributed by atoms with E-state index < -0.39 is 0 Å². The van der Waals surface area contributed by atoms with Crippen molar-refractivity contribution in [2.24, 2.45) is 0 Å². The van der Waals surface area contributed by atoms with Crippen LogP contribution in [0.1, 0.15) is 24.8 Å². The minimum absolute atomic E-state index is 0.757. The summed E-state index contributed by atoms with van der Waals surface area (Å²) in [4.78, 5) is 0. The molecule has 1 aromatic carbocycles. The summed E-state index contributed by atoms with van der Waals surface area (Å²) in [7, 11) is 0. The highest BCUT2D eigenvalue weighted by molar-refractivity contribution is 6.32. The molecule has 0 bridgehead atoms. The van der Waals surface area contributed by atoms with E-state index in [2.05, 4.69) is 6.58 Å². The highest BCUT2D eigenvalue weighted by Crippen LogP contribution is 2.15. The number of halogens is 1. The first-order valence-corrected chi connectivity index (χ1v) is 4.59. The molecule has 1 aliphatic carbocycles. The van der Waals surface area contributed by atoms with Crippen LogP contribution in [0.3, 0.4) is 0 Å². The van der Waals surface area contributed by atoms with E-state index in [0.717, 1.165) is 10.6 Å². The number of benzene rings is 1. The minimum atomic E-state index is 0.757. The Hall–Kier alpha value is -0.750. The van der Waals surface area contributed by atoms with Crippen molar-refractivity contribution in [3.8, 4) is 0 Å². The number of hydrogen-bond acceptors (Lipinski definition) is 0. The van der Waals surface area contributed by atoms with Gasteiger partial charge in [-0.25, -0.2) is 0 Å². The van der Waals surface area contributed by atoms with Gasteiger partial charge in [0, 0.05) is 5.02 Å². The van der Waals surface area contributed by atoms with Gasteiger partial charge in [-0.15, -0.1) is 0 Å². The van der Waals surface area contributed by atoms with E-state index in [1.54, 1.807) is 6.08 Å². The molecule has 0 aromatic heterocycles. The Morgan fingerprint density at radius 1 is 1.17 bits per heavy atom. The molecule has 0 amide bonds. The summed E-state index contributed by atoms with van der Waals surface area (Å²) in [6.45, 7) is 3.61. The maximum absolute atomic E-state index is 5.75. The van der Waals surface area contributed by atoms with Gasteiger partial charge in [-0.05, 0) is 11.6 Å². The van der Waals surface area contributed by atoms with Gasteiger partial charge in [0.1, 0.15) is 0 Å². The van der Waals surface area contributed by atoms with E-state index in [9.17, 15) is 0 Å². The van der Waals surface area contributed by atoms with Crippen LogP contribution in [0, 0.1) is 0 Å². The molecule has 1 fully saturated rings. The summed E-state index contributed by atoms with van der Waals surface area (Å²) in [5, 5.41) is 0.757. The molecule has 2 rings (SSSR count). The molecule has 1 aromatic rings. The third-order valence-electron chi connectivity index (χ3n) is 1.48. The molecular formula is C11H13Cl. The van der Waals surface area contributed by atoms with E-state index in [0.29, 0.717) is 0 Å². The Bertz CT molecular complexity index is 248. The standard InChI is InChI=1S/C8H7Cl.C3H6/c1-2-7-5-3-4-6-8(7)9;1-2-3-1/h2-6H,1H2;1-3H2. The Labute approximate surface area is 78.9 Å². The van der Waals surface area contributed by atoms with E-state index in [1.165, 1.54) is 19.3 Å². The number of hydrogen-bond donors (Lipinski definition) is 0. The lowest BCUT2D eigenvalue weighted by atomic mass is 10.2.